The Balaban J connectivity index is 1.66. The molecule has 0 saturated carbocycles. The number of ether oxygens (including phenoxy) is 3. The third-order valence-electron chi connectivity index (χ3n) is 4.77. The van der Waals surface area contributed by atoms with Gasteiger partial charge in [-0.15, -0.1) is 0 Å². The smallest absolute Gasteiger partial charge is 0.167 e. The highest BCUT2D eigenvalue weighted by atomic mass is 79.9. The number of hydrogen-bond donors (Lipinski definition) is 1. The molecule has 0 unspecified atom stereocenters. The molecule has 0 atom stereocenters. The third-order valence-corrected chi connectivity index (χ3v) is 5.51. The van der Waals surface area contributed by atoms with Crippen LogP contribution in [0.2, 0.25) is 0 Å². The van der Waals surface area contributed by atoms with Gasteiger partial charge in [0.25, 0.3) is 0 Å². The highest BCUT2D eigenvalue weighted by Gasteiger charge is 2.15. The minimum atomic E-state index is -0.286. The van der Waals surface area contributed by atoms with Crippen LogP contribution in [0, 0.1) is 5.82 Å². The lowest BCUT2D eigenvalue weighted by Crippen LogP contribution is -2.18. The summed E-state index contributed by atoms with van der Waals surface area (Å²) in [5, 5.41) is 3.45. The van der Waals surface area contributed by atoms with Crippen LogP contribution >= 0.6 is 15.9 Å². The van der Waals surface area contributed by atoms with Gasteiger partial charge in [0.05, 0.1) is 14.2 Å². The Labute approximate surface area is 185 Å². The summed E-state index contributed by atoms with van der Waals surface area (Å²) in [5.41, 5.74) is 2.65. The van der Waals surface area contributed by atoms with Crippen LogP contribution in [-0.2, 0) is 19.6 Å². The van der Waals surface area contributed by atoms with Crippen molar-refractivity contribution in [3.8, 4) is 17.2 Å². The molecule has 3 aromatic rings. The van der Waals surface area contributed by atoms with Crippen molar-refractivity contribution in [1.82, 2.24) is 5.32 Å². The summed E-state index contributed by atoms with van der Waals surface area (Å²) in [6, 6.07) is 18.4. The van der Waals surface area contributed by atoms with Gasteiger partial charge in [0.2, 0.25) is 0 Å². The van der Waals surface area contributed by atoms with Crippen LogP contribution < -0.4 is 19.5 Å². The summed E-state index contributed by atoms with van der Waals surface area (Å²) < 4.78 is 31.5. The number of nitrogens with one attached hydrogen (secondary N) is 1. The van der Waals surface area contributed by atoms with Crippen LogP contribution in [0.15, 0.2) is 65.1 Å². The maximum Gasteiger partial charge on any atom is 0.167 e. The van der Waals surface area contributed by atoms with Crippen LogP contribution in [0.4, 0.5) is 4.39 Å². The molecule has 0 aliphatic heterocycles. The van der Waals surface area contributed by atoms with Crippen LogP contribution in [0.25, 0.3) is 0 Å². The Bertz CT molecular complexity index is 963. The van der Waals surface area contributed by atoms with Gasteiger partial charge in [0.15, 0.2) is 11.5 Å². The molecule has 6 heteroatoms. The van der Waals surface area contributed by atoms with E-state index in [0.717, 1.165) is 28.8 Å². The number of rotatable bonds is 10. The van der Waals surface area contributed by atoms with Crippen molar-refractivity contribution < 1.29 is 18.6 Å². The molecule has 0 radical (unpaired) electrons. The van der Waals surface area contributed by atoms with E-state index in [1.165, 1.54) is 11.6 Å². The standard InChI is InChI=1S/C24H25BrFNO3/c1-28-19-9-7-17(8-10-19)13-14-27-15-20-21(25)11-12-23(29-2)24(20)30-16-18-5-3-4-6-22(18)26/h3-12,27H,13-16H2,1-2H3. The number of halogens is 2. The Morgan fingerprint density at radius 1 is 0.933 bits per heavy atom. The maximum atomic E-state index is 14.0. The van der Waals surface area contributed by atoms with E-state index in [2.05, 4.69) is 33.4 Å². The van der Waals surface area contributed by atoms with Crippen molar-refractivity contribution in [2.45, 2.75) is 19.6 Å². The molecule has 0 saturated heterocycles. The van der Waals surface area contributed by atoms with Gasteiger partial charge in [-0.3, -0.25) is 0 Å². The average Bonchev–Trinajstić information content (AvgIpc) is 2.77. The zero-order chi connectivity index (χ0) is 21.3. The van der Waals surface area contributed by atoms with Crippen molar-refractivity contribution in [1.29, 1.82) is 0 Å². The highest BCUT2D eigenvalue weighted by molar-refractivity contribution is 9.10. The number of methoxy groups -OCH3 is 2. The molecule has 158 valence electrons. The van der Waals surface area contributed by atoms with Gasteiger partial charge in [-0.25, -0.2) is 4.39 Å². The van der Waals surface area contributed by atoms with Gasteiger partial charge >= 0.3 is 0 Å². The normalized spacial score (nSPS) is 10.7. The Morgan fingerprint density at radius 2 is 1.70 bits per heavy atom. The topological polar surface area (TPSA) is 39.7 Å². The van der Waals surface area contributed by atoms with Crippen molar-refractivity contribution >= 4 is 15.9 Å². The van der Waals surface area contributed by atoms with E-state index in [1.807, 2.05) is 24.3 Å². The summed E-state index contributed by atoms with van der Waals surface area (Å²) in [6.45, 7) is 1.50. The Kier molecular flexibility index (Phi) is 8.11. The fourth-order valence-electron chi connectivity index (χ4n) is 3.07. The molecule has 30 heavy (non-hydrogen) atoms. The first-order valence-corrected chi connectivity index (χ1v) is 10.5. The molecule has 0 aliphatic rings. The van der Waals surface area contributed by atoms with Gasteiger partial charge < -0.3 is 19.5 Å². The second-order valence-corrected chi connectivity index (χ2v) is 7.57. The minimum Gasteiger partial charge on any atom is -0.497 e. The lowest BCUT2D eigenvalue weighted by atomic mass is 10.1. The SMILES string of the molecule is COc1ccc(CCNCc2c(Br)ccc(OC)c2OCc2ccccc2F)cc1. The van der Waals surface area contributed by atoms with Crippen molar-refractivity contribution in [2.75, 3.05) is 20.8 Å². The molecular formula is C24H25BrFNO3. The third kappa shape index (κ3) is 5.74. The highest BCUT2D eigenvalue weighted by Crippen LogP contribution is 2.37. The first-order valence-electron chi connectivity index (χ1n) is 9.67. The van der Waals surface area contributed by atoms with Crippen molar-refractivity contribution in [2.24, 2.45) is 0 Å². The molecule has 1 N–H and O–H groups in total. The second kappa shape index (κ2) is 11.0. The van der Waals surface area contributed by atoms with Gasteiger partial charge in [0.1, 0.15) is 18.2 Å². The van der Waals surface area contributed by atoms with Crippen LogP contribution in [-0.4, -0.2) is 20.8 Å². The Morgan fingerprint density at radius 3 is 2.40 bits per heavy atom. The predicted molar refractivity (Wildman–Crippen MR) is 120 cm³/mol. The fourth-order valence-corrected chi connectivity index (χ4v) is 3.52. The quantitative estimate of drug-likeness (QED) is 0.393. The summed E-state index contributed by atoms with van der Waals surface area (Å²) in [5.74, 6) is 1.78. The van der Waals surface area contributed by atoms with E-state index in [9.17, 15) is 4.39 Å². The van der Waals surface area contributed by atoms with Crippen LogP contribution in [0.1, 0.15) is 16.7 Å². The zero-order valence-corrected chi connectivity index (χ0v) is 18.7. The minimum absolute atomic E-state index is 0.123. The maximum absolute atomic E-state index is 14.0. The lowest BCUT2D eigenvalue weighted by Gasteiger charge is -2.17. The largest absolute Gasteiger partial charge is 0.497 e. The molecule has 4 nitrogen and oxygen atoms in total. The van der Waals surface area contributed by atoms with Gasteiger partial charge in [-0.1, -0.05) is 46.3 Å². The first kappa shape index (κ1) is 22.1. The Hall–Kier alpha value is -2.57. The number of hydrogen-bond acceptors (Lipinski definition) is 4. The molecular weight excluding hydrogens is 449 g/mol. The molecule has 3 rings (SSSR count). The second-order valence-electron chi connectivity index (χ2n) is 6.71. The molecule has 0 fully saturated rings. The molecule has 0 aromatic heterocycles. The van der Waals surface area contributed by atoms with E-state index < -0.39 is 0 Å². The van der Waals surface area contributed by atoms with E-state index in [4.69, 9.17) is 14.2 Å². The first-order chi connectivity index (χ1) is 14.6. The van der Waals surface area contributed by atoms with Crippen molar-refractivity contribution in [3.05, 3.63) is 87.6 Å². The summed E-state index contributed by atoms with van der Waals surface area (Å²) in [4.78, 5) is 0. The predicted octanol–water partition coefficient (Wildman–Crippen LogP) is 5.52. The molecule has 0 spiro atoms. The van der Waals surface area contributed by atoms with E-state index in [1.54, 1.807) is 32.4 Å². The number of benzene rings is 3. The van der Waals surface area contributed by atoms with Gasteiger partial charge in [-0.2, -0.15) is 0 Å². The average molecular weight is 474 g/mol. The van der Waals surface area contributed by atoms with Crippen molar-refractivity contribution in [3.63, 3.8) is 0 Å². The monoisotopic (exact) mass is 473 g/mol. The summed E-state index contributed by atoms with van der Waals surface area (Å²) in [6.07, 6.45) is 0.886. The van der Waals surface area contributed by atoms with E-state index >= 15 is 0 Å². The molecule has 3 aromatic carbocycles. The summed E-state index contributed by atoms with van der Waals surface area (Å²) in [7, 11) is 3.26. The fraction of sp³-hybridized carbons (Fsp3) is 0.250. The molecule has 0 heterocycles. The zero-order valence-electron chi connectivity index (χ0n) is 17.1. The van der Waals surface area contributed by atoms with E-state index in [-0.39, 0.29) is 12.4 Å². The summed E-state index contributed by atoms with van der Waals surface area (Å²) >= 11 is 3.60. The molecule has 0 amide bonds. The molecule has 0 aliphatic carbocycles. The van der Waals surface area contributed by atoms with Gasteiger partial charge in [0, 0.05) is 22.1 Å². The van der Waals surface area contributed by atoms with Crippen LogP contribution in [0.3, 0.4) is 0 Å². The van der Waals surface area contributed by atoms with E-state index in [0.29, 0.717) is 23.6 Å². The van der Waals surface area contributed by atoms with Crippen LogP contribution in [0.5, 0.6) is 17.2 Å². The van der Waals surface area contributed by atoms with Gasteiger partial charge in [-0.05, 0) is 48.9 Å². The lowest BCUT2D eigenvalue weighted by molar-refractivity contribution is 0.275. The molecule has 0 bridgehead atoms.